The van der Waals surface area contributed by atoms with Gasteiger partial charge in [-0.2, -0.15) is 4.98 Å². The van der Waals surface area contributed by atoms with E-state index >= 15 is 0 Å². The van der Waals surface area contributed by atoms with Gasteiger partial charge in [0.15, 0.2) is 11.8 Å². The van der Waals surface area contributed by atoms with Gasteiger partial charge in [-0.3, -0.25) is 4.57 Å². The lowest BCUT2D eigenvalue weighted by molar-refractivity contribution is -0.129. The van der Waals surface area contributed by atoms with Crippen LogP contribution >= 0.6 is 0 Å². The zero-order chi connectivity index (χ0) is 16.6. The highest BCUT2D eigenvalue weighted by Crippen LogP contribution is 2.41. The van der Waals surface area contributed by atoms with E-state index in [0.29, 0.717) is 0 Å². The van der Waals surface area contributed by atoms with Crippen molar-refractivity contribution in [2.75, 3.05) is 12.3 Å². The second kappa shape index (κ2) is 5.94. The van der Waals surface area contributed by atoms with Crippen molar-refractivity contribution < 1.29 is 19.7 Å². The summed E-state index contributed by atoms with van der Waals surface area (Å²) in [5.41, 5.74) is 2.86. The molecule has 1 saturated carbocycles. The summed E-state index contributed by atoms with van der Waals surface area (Å²) in [6, 6.07) is 1.40. The first-order valence-electron chi connectivity index (χ1n) is 7.46. The molecule has 8 heteroatoms. The van der Waals surface area contributed by atoms with Gasteiger partial charge in [-0.15, -0.1) is 6.42 Å². The first-order valence-corrected chi connectivity index (χ1v) is 7.46. The van der Waals surface area contributed by atoms with E-state index < -0.39 is 36.3 Å². The monoisotopic (exact) mass is 321 g/mol. The fourth-order valence-corrected chi connectivity index (χ4v) is 2.84. The molecule has 2 fully saturated rings. The van der Waals surface area contributed by atoms with Gasteiger partial charge in [0.1, 0.15) is 18.0 Å². The third-order valence-electron chi connectivity index (χ3n) is 4.36. The predicted octanol–water partition coefficient (Wildman–Crippen LogP) is -0.983. The number of aliphatic hydroxyl groups is 2. The van der Waals surface area contributed by atoms with Gasteiger partial charge in [0.2, 0.25) is 0 Å². The maximum atomic E-state index is 12.0. The minimum atomic E-state index is -1.90. The third-order valence-corrected chi connectivity index (χ3v) is 4.36. The second-order valence-electron chi connectivity index (χ2n) is 5.83. The molecule has 1 aliphatic heterocycles. The van der Waals surface area contributed by atoms with Crippen molar-refractivity contribution in [2.45, 2.75) is 49.4 Å². The van der Waals surface area contributed by atoms with E-state index in [2.05, 4.69) is 10.9 Å². The van der Waals surface area contributed by atoms with E-state index in [1.807, 2.05) is 0 Å². The quantitative estimate of drug-likeness (QED) is 0.609. The summed E-state index contributed by atoms with van der Waals surface area (Å²) in [6.45, 7) is -0.394. The fourth-order valence-electron chi connectivity index (χ4n) is 2.84. The number of anilines is 1. The minimum Gasteiger partial charge on any atom is -0.394 e. The number of ether oxygens (including phenoxy) is 2. The number of nitrogens with two attached hydrogens (primary N) is 1. The van der Waals surface area contributed by atoms with Gasteiger partial charge < -0.3 is 25.4 Å². The lowest BCUT2D eigenvalue weighted by Crippen LogP contribution is -2.51. The number of hydrogen-bond acceptors (Lipinski definition) is 7. The van der Waals surface area contributed by atoms with Crippen molar-refractivity contribution in [3.63, 3.8) is 0 Å². The SMILES string of the molecule is C#CC1(O)C(OC2CCC2)C(CO)OC1n1ccc(N)nc1=O. The van der Waals surface area contributed by atoms with E-state index in [4.69, 9.17) is 21.6 Å². The molecule has 2 aliphatic rings. The van der Waals surface area contributed by atoms with Crippen molar-refractivity contribution in [3.8, 4) is 12.3 Å². The normalized spacial score (nSPS) is 34.0. The molecule has 4 N–H and O–H groups in total. The van der Waals surface area contributed by atoms with E-state index in [1.54, 1.807) is 0 Å². The lowest BCUT2D eigenvalue weighted by Gasteiger charge is -2.35. The molecule has 4 unspecified atom stereocenters. The molecule has 1 aromatic rings. The standard InChI is InChI=1S/C15H19N3O5/c1-2-15(21)12(22-9-4-3-5-9)10(8-19)23-13(15)18-7-6-11(16)17-14(18)20/h1,6-7,9-10,12-13,19,21H,3-5,8H2,(H2,16,17,20). The van der Waals surface area contributed by atoms with Crippen LogP contribution in [0.4, 0.5) is 5.82 Å². The van der Waals surface area contributed by atoms with Crippen molar-refractivity contribution in [2.24, 2.45) is 0 Å². The molecule has 0 aromatic carbocycles. The number of rotatable bonds is 4. The molecule has 0 spiro atoms. The summed E-state index contributed by atoms with van der Waals surface area (Å²) in [5.74, 6) is 2.32. The van der Waals surface area contributed by atoms with E-state index in [9.17, 15) is 15.0 Å². The topological polar surface area (TPSA) is 120 Å². The van der Waals surface area contributed by atoms with Gasteiger partial charge in [-0.05, 0) is 25.3 Å². The van der Waals surface area contributed by atoms with Crippen LogP contribution in [0.25, 0.3) is 0 Å². The van der Waals surface area contributed by atoms with Gasteiger partial charge in [0.25, 0.3) is 0 Å². The van der Waals surface area contributed by atoms with E-state index in [1.165, 1.54) is 12.3 Å². The Morgan fingerprint density at radius 1 is 1.61 bits per heavy atom. The third kappa shape index (κ3) is 2.62. The second-order valence-corrected chi connectivity index (χ2v) is 5.83. The first-order chi connectivity index (χ1) is 11.0. The average Bonchev–Trinajstić information content (AvgIpc) is 2.76. The van der Waals surface area contributed by atoms with Gasteiger partial charge in [0, 0.05) is 6.20 Å². The van der Waals surface area contributed by atoms with Crippen LogP contribution in [-0.2, 0) is 9.47 Å². The minimum absolute atomic E-state index is 0.0301. The number of aliphatic hydroxyl groups excluding tert-OH is 1. The number of nitrogens with zero attached hydrogens (tertiary/aromatic N) is 2. The van der Waals surface area contributed by atoms with Crippen LogP contribution in [0, 0.1) is 12.3 Å². The summed E-state index contributed by atoms with van der Waals surface area (Å²) >= 11 is 0. The summed E-state index contributed by atoms with van der Waals surface area (Å²) in [5, 5.41) is 20.5. The summed E-state index contributed by atoms with van der Waals surface area (Å²) in [7, 11) is 0. The van der Waals surface area contributed by atoms with Crippen molar-refractivity contribution in [3.05, 3.63) is 22.7 Å². The molecule has 3 rings (SSSR count). The van der Waals surface area contributed by atoms with Gasteiger partial charge in [-0.1, -0.05) is 5.92 Å². The molecule has 23 heavy (non-hydrogen) atoms. The summed E-state index contributed by atoms with van der Waals surface area (Å²) in [6.07, 6.45) is 6.62. The van der Waals surface area contributed by atoms with Crippen molar-refractivity contribution in [1.82, 2.24) is 9.55 Å². The number of hydrogen-bond donors (Lipinski definition) is 3. The highest BCUT2D eigenvalue weighted by molar-refractivity contribution is 5.25. The molecular formula is C15H19N3O5. The summed E-state index contributed by atoms with van der Waals surface area (Å²) in [4.78, 5) is 15.6. The molecule has 8 nitrogen and oxygen atoms in total. The largest absolute Gasteiger partial charge is 0.394 e. The van der Waals surface area contributed by atoms with Gasteiger partial charge in [0.05, 0.1) is 12.7 Å². The average molecular weight is 321 g/mol. The maximum absolute atomic E-state index is 12.0. The smallest absolute Gasteiger partial charge is 0.351 e. The van der Waals surface area contributed by atoms with Crippen LogP contribution in [0.5, 0.6) is 0 Å². The molecule has 0 radical (unpaired) electrons. The maximum Gasteiger partial charge on any atom is 0.351 e. The van der Waals surface area contributed by atoms with Crippen LogP contribution in [-0.4, -0.2) is 50.3 Å². The molecule has 0 bridgehead atoms. The molecule has 1 aliphatic carbocycles. The zero-order valence-electron chi connectivity index (χ0n) is 12.5. The van der Waals surface area contributed by atoms with E-state index in [-0.39, 0.29) is 11.9 Å². The van der Waals surface area contributed by atoms with Crippen LogP contribution in [0.3, 0.4) is 0 Å². The Labute approximate surface area is 132 Å². The lowest BCUT2D eigenvalue weighted by atomic mass is 9.91. The Hall–Kier alpha value is -1.92. The Morgan fingerprint density at radius 2 is 2.35 bits per heavy atom. The Morgan fingerprint density at radius 3 is 2.87 bits per heavy atom. The van der Waals surface area contributed by atoms with E-state index in [0.717, 1.165) is 23.8 Å². The molecule has 124 valence electrons. The van der Waals surface area contributed by atoms with Crippen LogP contribution in [0.15, 0.2) is 17.1 Å². The van der Waals surface area contributed by atoms with Crippen molar-refractivity contribution in [1.29, 1.82) is 0 Å². The molecule has 2 heterocycles. The van der Waals surface area contributed by atoms with Crippen molar-refractivity contribution >= 4 is 5.82 Å². The van der Waals surface area contributed by atoms with Gasteiger partial charge in [-0.25, -0.2) is 4.79 Å². The highest BCUT2D eigenvalue weighted by atomic mass is 16.6. The number of aromatic nitrogens is 2. The Bertz CT molecular complexity index is 680. The predicted molar refractivity (Wildman–Crippen MR) is 80.2 cm³/mol. The Balaban J connectivity index is 1.96. The highest BCUT2D eigenvalue weighted by Gasteiger charge is 2.58. The Kier molecular flexibility index (Phi) is 4.12. The molecule has 1 aromatic heterocycles. The molecule has 0 amide bonds. The van der Waals surface area contributed by atoms with Crippen LogP contribution < -0.4 is 11.4 Å². The number of terminal acetylenes is 1. The molecule has 4 atom stereocenters. The number of nitrogen functional groups attached to an aromatic ring is 1. The molecule has 1 saturated heterocycles. The van der Waals surface area contributed by atoms with Crippen LogP contribution in [0.2, 0.25) is 0 Å². The zero-order valence-corrected chi connectivity index (χ0v) is 12.5. The fraction of sp³-hybridized carbons (Fsp3) is 0.600. The van der Waals surface area contributed by atoms with Gasteiger partial charge >= 0.3 is 5.69 Å². The first kappa shape index (κ1) is 16.0. The molecular weight excluding hydrogens is 302 g/mol. The summed E-state index contributed by atoms with van der Waals surface area (Å²) < 4.78 is 12.5. The van der Waals surface area contributed by atoms with Crippen LogP contribution in [0.1, 0.15) is 25.5 Å².